The SMILES string of the molecule is CCCCCc1cccc(C(=O)C(=O)[O-])c1. The Hall–Kier alpha value is -1.64. The number of hydrogen-bond donors (Lipinski definition) is 0. The molecule has 0 atom stereocenters. The molecule has 0 aliphatic heterocycles. The van der Waals surface area contributed by atoms with Gasteiger partial charge in [0.05, 0.1) is 0 Å². The molecule has 16 heavy (non-hydrogen) atoms. The molecule has 0 saturated heterocycles. The smallest absolute Gasteiger partial charge is 0.208 e. The zero-order chi connectivity index (χ0) is 12.0. The Kier molecular flexibility index (Phi) is 4.70. The molecule has 0 aliphatic rings. The Morgan fingerprint density at radius 2 is 2.00 bits per heavy atom. The topological polar surface area (TPSA) is 57.2 Å². The van der Waals surface area contributed by atoms with Crippen LogP contribution in [0.25, 0.3) is 0 Å². The normalized spacial score (nSPS) is 10.1. The number of aliphatic carboxylic acids is 1. The maximum atomic E-state index is 11.2. The van der Waals surface area contributed by atoms with Crippen molar-refractivity contribution < 1.29 is 14.7 Å². The molecule has 0 heterocycles. The minimum atomic E-state index is -1.65. The van der Waals surface area contributed by atoms with E-state index in [9.17, 15) is 14.7 Å². The van der Waals surface area contributed by atoms with Gasteiger partial charge in [0, 0.05) is 5.56 Å². The van der Waals surface area contributed by atoms with Gasteiger partial charge in [-0.2, -0.15) is 0 Å². The number of rotatable bonds is 6. The third-order valence-electron chi connectivity index (χ3n) is 2.44. The number of carbonyl (C=O) groups is 2. The van der Waals surface area contributed by atoms with Crippen molar-refractivity contribution in [3.63, 3.8) is 0 Å². The van der Waals surface area contributed by atoms with Gasteiger partial charge in [-0.3, -0.25) is 4.79 Å². The van der Waals surface area contributed by atoms with Gasteiger partial charge < -0.3 is 9.90 Å². The zero-order valence-corrected chi connectivity index (χ0v) is 9.36. The molecule has 3 heteroatoms. The Labute approximate surface area is 95.1 Å². The van der Waals surface area contributed by atoms with Gasteiger partial charge in [0.2, 0.25) is 5.78 Å². The minimum absolute atomic E-state index is 0.203. The second kappa shape index (κ2) is 6.05. The molecular formula is C13H15O3-. The third-order valence-corrected chi connectivity index (χ3v) is 2.44. The van der Waals surface area contributed by atoms with Crippen LogP contribution >= 0.6 is 0 Å². The maximum Gasteiger partial charge on any atom is 0.208 e. The predicted octanol–water partition coefficient (Wildman–Crippen LogP) is 1.35. The summed E-state index contributed by atoms with van der Waals surface area (Å²) in [6.07, 6.45) is 4.21. The van der Waals surface area contributed by atoms with Gasteiger partial charge in [-0.25, -0.2) is 0 Å². The molecule has 0 amide bonds. The molecule has 0 N–H and O–H groups in total. The molecule has 0 aliphatic carbocycles. The fourth-order valence-corrected chi connectivity index (χ4v) is 1.57. The van der Waals surface area contributed by atoms with Crippen LogP contribution in [-0.2, 0) is 11.2 Å². The standard InChI is InChI=1S/C13H16O3/c1-2-3-4-6-10-7-5-8-11(9-10)12(14)13(15)16/h5,7-9H,2-4,6H2,1H3,(H,15,16)/p-1. The van der Waals surface area contributed by atoms with Gasteiger partial charge in [0.25, 0.3) is 0 Å². The quantitative estimate of drug-likeness (QED) is 0.412. The summed E-state index contributed by atoms with van der Waals surface area (Å²) >= 11 is 0. The van der Waals surface area contributed by atoms with Crippen molar-refractivity contribution in [1.29, 1.82) is 0 Å². The van der Waals surface area contributed by atoms with Crippen molar-refractivity contribution in [2.45, 2.75) is 32.6 Å². The summed E-state index contributed by atoms with van der Waals surface area (Å²) in [6.45, 7) is 2.12. The van der Waals surface area contributed by atoms with Gasteiger partial charge in [0.15, 0.2) is 0 Å². The average molecular weight is 219 g/mol. The van der Waals surface area contributed by atoms with E-state index in [-0.39, 0.29) is 5.56 Å². The van der Waals surface area contributed by atoms with Gasteiger partial charge in [-0.05, 0) is 24.5 Å². The van der Waals surface area contributed by atoms with Crippen LogP contribution in [0.1, 0.15) is 42.1 Å². The number of carbonyl (C=O) groups excluding carboxylic acids is 2. The molecule has 0 radical (unpaired) electrons. The summed E-state index contributed by atoms with van der Waals surface area (Å²) < 4.78 is 0. The second-order valence-electron chi connectivity index (χ2n) is 3.77. The molecule has 0 unspecified atom stereocenters. The molecule has 1 aromatic rings. The molecule has 0 bridgehead atoms. The van der Waals surface area contributed by atoms with E-state index in [0.29, 0.717) is 0 Å². The number of unbranched alkanes of at least 4 members (excludes halogenated alkanes) is 2. The summed E-state index contributed by atoms with van der Waals surface area (Å²) in [7, 11) is 0. The van der Waals surface area contributed by atoms with Gasteiger partial charge in [-0.1, -0.05) is 38.0 Å². The lowest BCUT2D eigenvalue weighted by Crippen LogP contribution is -2.31. The van der Waals surface area contributed by atoms with Crippen molar-refractivity contribution in [1.82, 2.24) is 0 Å². The highest BCUT2D eigenvalue weighted by Crippen LogP contribution is 2.10. The fourth-order valence-electron chi connectivity index (χ4n) is 1.57. The molecule has 86 valence electrons. The highest BCUT2D eigenvalue weighted by atomic mass is 16.4. The van der Waals surface area contributed by atoms with Crippen LogP contribution in [0.4, 0.5) is 0 Å². The molecule has 3 nitrogen and oxygen atoms in total. The summed E-state index contributed by atoms with van der Waals surface area (Å²) in [6, 6.07) is 6.74. The monoisotopic (exact) mass is 219 g/mol. The zero-order valence-electron chi connectivity index (χ0n) is 9.36. The summed E-state index contributed by atoms with van der Waals surface area (Å²) in [5.41, 5.74) is 1.20. The van der Waals surface area contributed by atoms with Crippen LogP contribution in [0, 0.1) is 0 Å². The minimum Gasteiger partial charge on any atom is -0.541 e. The van der Waals surface area contributed by atoms with Crippen LogP contribution in [0.15, 0.2) is 24.3 Å². The Balaban J connectivity index is 2.71. The number of benzene rings is 1. The van der Waals surface area contributed by atoms with E-state index >= 15 is 0 Å². The van der Waals surface area contributed by atoms with E-state index in [1.807, 2.05) is 6.07 Å². The Morgan fingerprint density at radius 1 is 1.25 bits per heavy atom. The first-order chi connectivity index (χ1) is 7.65. The second-order valence-corrected chi connectivity index (χ2v) is 3.77. The molecule has 1 rings (SSSR count). The predicted molar refractivity (Wildman–Crippen MR) is 59.0 cm³/mol. The van der Waals surface area contributed by atoms with Crippen LogP contribution in [-0.4, -0.2) is 11.8 Å². The molecule has 0 aromatic heterocycles. The number of ketones is 1. The van der Waals surface area contributed by atoms with Crippen molar-refractivity contribution in [2.24, 2.45) is 0 Å². The van der Waals surface area contributed by atoms with Gasteiger partial charge in [-0.15, -0.1) is 0 Å². The maximum absolute atomic E-state index is 11.2. The Morgan fingerprint density at radius 3 is 2.62 bits per heavy atom. The number of hydrogen-bond acceptors (Lipinski definition) is 3. The first kappa shape index (κ1) is 12.4. The highest BCUT2D eigenvalue weighted by molar-refractivity contribution is 6.38. The average Bonchev–Trinajstić information content (AvgIpc) is 2.29. The third kappa shape index (κ3) is 3.50. The molecular weight excluding hydrogens is 204 g/mol. The summed E-state index contributed by atoms with van der Waals surface area (Å²) in [4.78, 5) is 21.6. The number of aryl methyl sites for hydroxylation is 1. The van der Waals surface area contributed by atoms with Crippen molar-refractivity contribution in [3.05, 3.63) is 35.4 Å². The Bertz CT molecular complexity index is 383. The van der Waals surface area contributed by atoms with Crippen LogP contribution in [0.5, 0.6) is 0 Å². The molecule has 0 spiro atoms. The van der Waals surface area contributed by atoms with Crippen molar-refractivity contribution in [3.8, 4) is 0 Å². The van der Waals surface area contributed by atoms with E-state index in [4.69, 9.17) is 0 Å². The summed E-state index contributed by atoms with van der Waals surface area (Å²) in [5.74, 6) is -2.59. The molecule has 0 saturated carbocycles. The van der Waals surface area contributed by atoms with E-state index in [1.54, 1.807) is 12.1 Å². The summed E-state index contributed by atoms with van der Waals surface area (Å²) in [5, 5.41) is 10.4. The first-order valence-corrected chi connectivity index (χ1v) is 5.49. The highest BCUT2D eigenvalue weighted by Gasteiger charge is 2.06. The van der Waals surface area contributed by atoms with E-state index < -0.39 is 11.8 Å². The van der Waals surface area contributed by atoms with Crippen LogP contribution in [0.3, 0.4) is 0 Å². The van der Waals surface area contributed by atoms with E-state index in [1.165, 1.54) is 6.07 Å². The number of carboxylic acid groups (broad SMARTS) is 1. The fraction of sp³-hybridized carbons (Fsp3) is 0.385. The van der Waals surface area contributed by atoms with Crippen LogP contribution < -0.4 is 5.11 Å². The van der Waals surface area contributed by atoms with Gasteiger partial charge >= 0.3 is 0 Å². The van der Waals surface area contributed by atoms with Crippen LogP contribution in [0.2, 0.25) is 0 Å². The largest absolute Gasteiger partial charge is 0.541 e. The number of Topliss-reactive ketones (excluding diaryl/α,β-unsaturated/α-hetero) is 1. The lowest BCUT2D eigenvalue weighted by Gasteiger charge is -2.05. The lowest BCUT2D eigenvalue weighted by atomic mass is 10.0. The number of carboxylic acids is 1. The molecule has 1 aromatic carbocycles. The van der Waals surface area contributed by atoms with E-state index in [0.717, 1.165) is 31.2 Å². The molecule has 0 fully saturated rings. The van der Waals surface area contributed by atoms with E-state index in [2.05, 4.69) is 6.92 Å². The van der Waals surface area contributed by atoms with Gasteiger partial charge in [0.1, 0.15) is 5.97 Å². The van der Waals surface area contributed by atoms with Crippen molar-refractivity contribution >= 4 is 11.8 Å². The lowest BCUT2D eigenvalue weighted by molar-refractivity contribution is -0.296. The first-order valence-electron chi connectivity index (χ1n) is 5.49. The van der Waals surface area contributed by atoms with Crippen molar-refractivity contribution in [2.75, 3.05) is 0 Å².